The van der Waals surface area contributed by atoms with Gasteiger partial charge in [0.15, 0.2) is 16.6 Å². The Morgan fingerprint density at radius 3 is 1.54 bits per heavy atom. The highest BCUT2D eigenvalue weighted by Gasteiger charge is 2.46. The van der Waals surface area contributed by atoms with Gasteiger partial charge in [-0.1, -0.05) is 13.3 Å². The SMILES string of the molecule is CCC[Si](C)(O[Si](C)(C)C)O[Si](C)(CCCC(=O)O)O[Si](C)(C)C. The lowest BCUT2D eigenvalue weighted by atomic mass is 10.3. The summed E-state index contributed by atoms with van der Waals surface area (Å²) in [4.78, 5) is 10.9. The van der Waals surface area contributed by atoms with Crippen LogP contribution in [0.4, 0.5) is 0 Å². The quantitative estimate of drug-likeness (QED) is 0.452. The van der Waals surface area contributed by atoms with Crippen LogP contribution in [0.1, 0.15) is 26.2 Å². The summed E-state index contributed by atoms with van der Waals surface area (Å²) < 4.78 is 19.7. The molecule has 0 bridgehead atoms. The zero-order valence-electron chi connectivity index (χ0n) is 17.1. The Bertz CT molecular complexity index is 408. The van der Waals surface area contributed by atoms with Crippen LogP contribution in [0.3, 0.4) is 0 Å². The van der Waals surface area contributed by atoms with Gasteiger partial charge in [0, 0.05) is 6.42 Å². The van der Waals surface area contributed by atoms with Crippen molar-refractivity contribution in [2.24, 2.45) is 0 Å². The largest absolute Gasteiger partial charge is 0.481 e. The standard InChI is InChI=1S/C15H38O5Si4/c1-10-13-23(8,18-21(2,3)4)20-24(9,19-22(5,6)7)14-11-12-15(16)17/h10-14H2,1-9H3,(H,16,17). The zero-order valence-corrected chi connectivity index (χ0v) is 21.1. The third kappa shape index (κ3) is 11.7. The lowest BCUT2D eigenvalue weighted by molar-refractivity contribution is -0.137. The van der Waals surface area contributed by atoms with Crippen LogP contribution in [0.2, 0.25) is 64.5 Å². The summed E-state index contributed by atoms with van der Waals surface area (Å²) >= 11 is 0. The molecule has 0 aliphatic heterocycles. The average molecular weight is 411 g/mol. The van der Waals surface area contributed by atoms with Gasteiger partial charge in [-0.3, -0.25) is 4.79 Å². The second-order valence-electron chi connectivity index (χ2n) is 8.80. The van der Waals surface area contributed by atoms with Crippen LogP contribution in [-0.4, -0.2) is 44.8 Å². The third-order valence-corrected chi connectivity index (χ3v) is 17.7. The summed E-state index contributed by atoms with van der Waals surface area (Å²) in [5.74, 6) is -0.758. The average Bonchev–Trinajstić information content (AvgIpc) is 2.21. The molecule has 0 aromatic heterocycles. The van der Waals surface area contributed by atoms with E-state index in [-0.39, 0.29) is 6.42 Å². The van der Waals surface area contributed by atoms with Crippen molar-refractivity contribution in [3.63, 3.8) is 0 Å². The molecule has 0 spiro atoms. The Kier molecular flexibility index (Phi) is 9.32. The summed E-state index contributed by atoms with van der Waals surface area (Å²) in [6.07, 6.45) is 1.80. The number of carboxylic acids is 1. The summed E-state index contributed by atoms with van der Waals surface area (Å²) in [7, 11) is -8.29. The molecule has 0 aliphatic rings. The van der Waals surface area contributed by atoms with Gasteiger partial charge in [0.1, 0.15) is 0 Å². The van der Waals surface area contributed by atoms with E-state index in [0.717, 1.165) is 12.5 Å². The maximum atomic E-state index is 10.9. The fraction of sp³-hybridized carbons (Fsp3) is 0.933. The lowest BCUT2D eigenvalue weighted by Gasteiger charge is -2.42. The molecule has 0 radical (unpaired) electrons. The molecular weight excluding hydrogens is 373 g/mol. The van der Waals surface area contributed by atoms with E-state index >= 15 is 0 Å². The molecule has 0 rings (SSSR count). The fourth-order valence-electron chi connectivity index (χ4n) is 3.01. The Balaban J connectivity index is 5.31. The van der Waals surface area contributed by atoms with E-state index in [9.17, 15) is 4.79 Å². The normalized spacial score (nSPS) is 18.0. The molecule has 0 aromatic rings. The van der Waals surface area contributed by atoms with Crippen LogP contribution in [0.5, 0.6) is 0 Å². The molecule has 0 saturated heterocycles. The number of rotatable bonds is 12. The second-order valence-corrected chi connectivity index (χ2v) is 25.2. The topological polar surface area (TPSA) is 65.0 Å². The molecular formula is C15H38O5Si4. The first-order chi connectivity index (χ1) is 10.6. The lowest BCUT2D eigenvalue weighted by Crippen LogP contribution is -2.58. The van der Waals surface area contributed by atoms with Gasteiger partial charge in [0.05, 0.1) is 0 Å². The van der Waals surface area contributed by atoms with Crippen molar-refractivity contribution in [2.45, 2.75) is 90.7 Å². The highest BCUT2D eigenvalue weighted by molar-refractivity contribution is 6.89. The third-order valence-electron chi connectivity index (χ3n) is 3.20. The number of carboxylic acid groups (broad SMARTS) is 1. The van der Waals surface area contributed by atoms with Crippen molar-refractivity contribution in [3.05, 3.63) is 0 Å². The van der Waals surface area contributed by atoms with Crippen molar-refractivity contribution in [3.8, 4) is 0 Å². The van der Waals surface area contributed by atoms with E-state index in [1.54, 1.807) is 0 Å². The van der Waals surface area contributed by atoms with E-state index in [2.05, 4.69) is 59.3 Å². The molecule has 0 saturated carbocycles. The van der Waals surface area contributed by atoms with Crippen LogP contribution in [-0.2, 0) is 17.1 Å². The summed E-state index contributed by atoms with van der Waals surface area (Å²) in [5, 5.41) is 8.94. The smallest absolute Gasteiger partial charge is 0.315 e. The zero-order chi connectivity index (χ0) is 19.2. The molecule has 5 nitrogen and oxygen atoms in total. The molecule has 0 fully saturated rings. The van der Waals surface area contributed by atoms with Gasteiger partial charge in [0.25, 0.3) is 0 Å². The predicted octanol–water partition coefficient (Wildman–Crippen LogP) is 5.12. The first kappa shape index (κ1) is 24.2. The van der Waals surface area contributed by atoms with E-state index in [1.807, 2.05) is 0 Å². The Morgan fingerprint density at radius 1 is 0.792 bits per heavy atom. The Hall–Kier alpha value is 0.218. The monoisotopic (exact) mass is 410 g/mol. The van der Waals surface area contributed by atoms with Crippen molar-refractivity contribution in [1.82, 2.24) is 0 Å². The first-order valence-electron chi connectivity index (χ1n) is 8.92. The van der Waals surface area contributed by atoms with Gasteiger partial charge in [-0.05, 0) is 70.9 Å². The minimum atomic E-state index is -2.47. The van der Waals surface area contributed by atoms with Crippen molar-refractivity contribution >= 4 is 39.7 Å². The Morgan fingerprint density at radius 2 is 1.21 bits per heavy atom. The Labute approximate surface area is 152 Å². The minimum Gasteiger partial charge on any atom is -0.481 e. The number of aliphatic carboxylic acids is 1. The molecule has 9 heteroatoms. The highest BCUT2D eigenvalue weighted by Crippen LogP contribution is 2.30. The molecule has 1 N–H and O–H groups in total. The summed E-state index contributed by atoms with van der Waals surface area (Å²) in [5.41, 5.74) is 0. The van der Waals surface area contributed by atoms with E-state index < -0.39 is 39.7 Å². The minimum absolute atomic E-state index is 0.169. The number of carbonyl (C=O) groups is 1. The molecule has 0 aliphatic carbocycles. The van der Waals surface area contributed by atoms with Crippen LogP contribution >= 0.6 is 0 Å². The van der Waals surface area contributed by atoms with Crippen molar-refractivity contribution < 1.29 is 22.2 Å². The molecule has 0 heterocycles. The highest BCUT2D eigenvalue weighted by atomic mass is 28.5. The number of hydrogen-bond acceptors (Lipinski definition) is 4. The maximum Gasteiger partial charge on any atom is 0.315 e. The van der Waals surface area contributed by atoms with Gasteiger partial charge in [-0.2, -0.15) is 0 Å². The summed E-state index contributed by atoms with van der Waals surface area (Å²) in [6, 6.07) is 1.67. The van der Waals surface area contributed by atoms with E-state index in [4.69, 9.17) is 17.5 Å². The molecule has 2 atom stereocenters. The van der Waals surface area contributed by atoms with Gasteiger partial charge in [0.2, 0.25) is 0 Å². The summed E-state index contributed by atoms with van der Waals surface area (Å²) in [6.45, 7) is 19.5. The van der Waals surface area contributed by atoms with Gasteiger partial charge >= 0.3 is 23.1 Å². The van der Waals surface area contributed by atoms with Crippen LogP contribution < -0.4 is 0 Å². The van der Waals surface area contributed by atoms with Gasteiger partial charge in [-0.25, -0.2) is 0 Å². The molecule has 0 aromatic carbocycles. The number of hydrogen-bond donors (Lipinski definition) is 1. The van der Waals surface area contributed by atoms with Crippen molar-refractivity contribution in [1.29, 1.82) is 0 Å². The van der Waals surface area contributed by atoms with E-state index in [0.29, 0.717) is 12.5 Å². The predicted molar refractivity (Wildman–Crippen MR) is 110 cm³/mol. The van der Waals surface area contributed by atoms with E-state index in [1.165, 1.54) is 0 Å². The molecule has 24 heavy (non-hydrogen) atoms. The van der Waals surface area contributed by atoms with Crippen LogP contribution in [0.15, 0.2) is 0 Å². The van der Waals surface area contributed by atoms with Crippen molar-refractivity contribution in [2.75, 3.05) is 0 Å². The molecule has 144 valence electrons. The van der Waals surface area contributed by atoms with Crippen LogP contribution in [0.25, 0.3) is 0 Å². The molecule has 0 amide bonds. The van der Waals surface area contributed by atoms with Gasteiger partial charge < -0.3 is 17.5 Å². The fourth-order valence-corrected chi connectivity index (χ4v) is 21.5. The maximum absolute atomic E-state index is 10.9. The second kappa shape index (κ2) is 9.24. The first-order valence-corrected chi connectivity index (χ1v) is 20.8. The molecule has 2 unspecified atom stereocenters. The van der Waals surface area contributed by atoms with Crippen LogP contribution in [0, 0.1) is 0 Å². The van der Waals surface area contributed by atoms with Gasteiger partial charge in [-0.15, -0.1) is 0 Å².